The molecule has 128 valence electrons. The highest BCUT2D eigenvalue weighted by molar-refractivity contribution is 9.10. The van der Waals surface area contributed by atoms with Gasteiger partial charge in [0.15, 0.2) is 0 Å². The van der Waals surface area contributed by atoms with Gasteiger partial charge in [-0.3, -0.25) is 4.98 Å². The number of para-hydroxylation sites is 1. The standard InChI is InChI=1S/C20H21BrN4/c1-2-14-7-3-4-9-18(14)25-20-17(8-5-6-10-23-20)19(24-25)15-11-16(21)13-22-12-15/h3-4,7,9,11-13,23H,2,5-6,8,10H2,1H3. The highest BCUT2D eigenvalue weighted by atomic mass is 79.9. The average molecular weight is 397 g/mol. The van der Waals surface area contributed by atoms with E-state index in [0.29, 0.717) is 0 Å². The van der Waals surface area contributed by atoms with Crippen molar-refractivity contribution >= 4 is 21.7 Å². The molecule has 0 atom stereocenters. The first kappa shape index (κ1) is 16.3. The van der Waals surface area contributed by atoms with Crippen LogP contribution in [0.2, 0.25) is 0 Å². The van der Waals surface area contributed by atoms with Crippen molar-refractivity contribution in [3.8, 4) is 16.9 Å². The summed E-state index contributed by atoms with van der Waals surface area (Å²) in [6.45, 7) is 3.18. The van der Waals surface area contributed by atoms with Gasteiger partial charge in [-0.15, -0.1) is 0 Å². The number of nitrogens with one attached hydrogen (secondary N) is 1. The summed E-state index contributed by atoms with van der Waals surface area (Å²) in [5.74, 6) is 1.13. The Kier molecular flexibility index (Phi) is 4.57. The highest BCUT2D eigenvalue weighted by Crippen LogP contribution is 2.35. The number of anilines is 1. The maximum absolute atomic E-state index is 5.02. The fourth-order valence-corrected chi connectivity index (χ4v) is 3.83. The summed E-state index contributed by atoms with van der Waals surface area (Å²) in [5, 5.41) is 8.63. The molecule has 2 aromatic heterocycles. The largest absolute Gasteiger partial charge is 0.370 e. The highest BCUT2D eigenvalue weighted by Gasteiger charge is 2.22. The molecule has 1 aliphatic rings. The number of rotatable bonds is 3. The molecule has 0 fully saturated rings. The molecule has 4 nitrogen and oxygen atoms in total. The van der Waals surface area contributed by atoms with Gasteiger partial charge in [0, 0.05) is 34.5 Å². The van der Waals surface area contributed by atoms with Crippen LogP contribution in [0.4, 0.5) is 5.82 Å². The molecule has 0 saturated heterocycles. The first-order valence-corrected chi connectivity index (χ1v) is 9.62. The van der Waals surface area contributed by atoms with Crippen molar-refractivity contribution in [2.24, 2.45) is 0 Å². The smallest absolute Gasteiger partial charge is 0.133 e. The number of fused-ring (bicyclic) bond motifs is 1. The summed E-state index contributed by atoms with van der Waals surface area (Å²) in [4.78, 5) is 4.33. The molecule has 0 spiro atoms. The molecule has 0 amide bonds. The Hall–Kier alpha value is -2.14. The van der Waals surface area contributed by atoms with E-state index in [9.17, 15) is 0 Å². The summed E-state index contributed by atoms with van der Waals surface area (Å²) in [5.41, 5.74) is 5.84. The van der Waals surface area contributed by atoms with E-state index in [4.69, 9.17) is 5.10 Å². The molecule has 0 aliphatic carbocycles. The number of aromatic nitrogens is 3. The molecule has 3 heterocycles. The molecule has 1 aliphatic heterocycles. The number of aryl methyl sites for hydroxylation is 1. The van der Waals surface area contributed by atoms with Crippen LogP contribution < -0.4 is 5.32 Å². The van der Waals surface area contributed by atoms with Crippen molar-refractivity contribution in [3.63, 3.8) is 0 Å². The van der Waals surface area contributed by atoms with Crippen LogP contribution in [-0.4, -0.2) is 21.3 Å². The SMILES string of the molecule is CCc1ccccc1-n1nc(-c2cncc(Br)c2)c2c1NCCCC2. The van der Waals surface area contributed by atoms with Gasteiger partial charge < -0.3 is 5.32 Å². The molecule has 0 unspecified atom stereocenters. The van der Waals surface area contributed by atoms with Crippen LogP contribution in [0, 0.1) is 0 Å². The van der Waals surface area contributed by atoms with Crippen molar-refractivity contribution in [1.29, 1.82) is 0 Å². The second kappa shape index (κ2) is 7.00. The zero-order valence-corrected chi connectivity index (χ0v) is 15.9. The van der Waals surface area contributed by atoms with E-state index in [2.05, 4.69) is 68.2 Å². The number of nitrogens with zero attached hydrogens (tertiary/aromatic N) is 3. The Labute approximate surface area is 156 Å². The third-order valence-electron chi connectivity index (χ3n) is 4.71. The Bertz CT molecular complexity index is 900. The maximum atomic E-state index is 5.02. The van der Waals surface area contributed by atoms with E-state index in [1.54, 1.807) is 0 Å². The van der Waals surface area contributed by atoms with E-state index in [1.165, 1.54) is 24.0 Å². The van der Waals surface area contributed by atoms with Crippen LogP contribution in [-0.2, 0) is 12.8 Å². The van der Waals surface area contributed by atoms with Crippen molar-refractivity contribution in [1.82, 2.24) is 14.8 Å². The molecule has 1 N–H and O–H groups in total. The summed E-state index contributed by atoms with van der Waals surface area (Å²) < 4.78 is 3.07. The Morgan fingerprint density at radius 1 is 1.20 bits per heavy atom. The quantitative estimate of drug-likeness (QED) is 0.676. The Morgan fingerprint density at radius 3 is 2.92 bits per heavy atom. The molecular formula is C20H21BrN4. The van der Waals surface area contributed by atoms with Gasteiger partial charge >= 0.3 is 0 Å². The number of hydrogen-bond donors (Lipinski definition) is 1. The minimum Gasteiger partial charge on any atom is -0.370 e. The fraction of sp³-hybridized carbons (Fsp3) is 0.300. The van der Waals surface area contributed by atoms with Gasteiger partial charge in [-0.2, -0.15) is 5.10 Å². The van der Waals surface area contributed by atoms with E-state index in [-0.39, 0.29) is 0 Å². The van der Waals surface area contributed by atoms with Gasteiger partial charge in [0.05, 0.1) is 11.4 Å². The number of benzene rings is 1. The van der Waals surface area contributed by atoms with Gasteiger partial charge in [0.2, 0.25) is 0 Å². The predicted octanol–water partition coefficient (Wildman–Crippen LogP) is 5.01. The molecule has 25 heavy (non-hydrogen) atoms. The van der Waals surface area contributed by atoms with Crippen molar-refractivity contribution in [2.45, 2.75) is 32.6 Å². The van der Waals surface area contributed by atoms with Gasteiger partial charge in [0.25, 0.3) is 0 Å². The second-order valence-electron chi connectivity index (χ2n) is 6.35. The monoisotopic (exact) mass is 396 g/mol. The molecule has 3 aromatic rings. The first-order valence-electron chi connectivity index (χ1n) is 8.83. The third kappa shape index (κ3) is 3.09. The van der Waals surface area contributed by atoms with Gasteiger partial charge in [-0.25, -0.2) is 4.68 Å². The number of halogens is 1. The molecule has 4 rings (SSSR count). The molecule has 0 radical (unpaired) electrons. The van der Waals surface area contributed by atoms with Crippen molar-refractivity contribution < 1.29 is 0 Å². The maximum Gasteiger partial charge on any atom is 0.133 e. The first-order chi connectivity index (χ1) is 12.3. The second-order valence-corrected chi connectivity index (χ2v) is 7.26. The van der Waals surface area contributed by atoms with Crippen LogP contribution in [0.3, 0.4) is 0 Å². The zero-order valence-electron chi connectivity index (χ0n) is 14.3. The zero-order chi connectivity index (χ0) is 17.2. The Balaban J connectivity index is 1.94. The predicted molar refractivity (Wildman–Crippen MR) is 105 cm³/mol. The third-order valence-corrected chi connectivity index (χ3v) is 5.14. The fourth-order valence-electron chi connectivity index (χ4n) is 3.47. The molecule has 0 saturated carbocycles. The van der Waals surface area contributed by atoms with E-state index in [1.807, 2.05) is 12.4 Å². The summed E-state index contributed by atoms with van der Waals surface area (Å²) >= 11 is 3.53. The van der Waals surface area contributed by atoms with Crippen LogP contribution in [0.15, 0.2) is 47.2 Å². The van der Waals surface area contributed by atoms with Gasteiger partial charge in [0.1, 0.15) is 5.82 Å². The molecule has 5 heteroatoms. The minimum absolute atomic E-state index is 0.976. The number of pyridine rings is 1. The lowest BCUT2D eigenvalue weighted by molar-refractivity contribution is 0.779. The summed E-state index contributed by atoms with van der Waals surface area (Å²) in [7, 11) is 0. The lowest BCUT2D eigenvalue weighted by Crippen LogP contribution is -2.08. The molecule has 0 bridgehead atoms. The van der Waals surface area contributed by atoms with E-state index < -0.39 is 0 Å². The van der Waals surface area contributed by atoms with E-state index >= 15 is 0 Å². The molecular weight excluding hydrogens is 376 g/mol. The average Bonchev–Trinajstić information content (AvgIpc) is 2.82. The lowest BCUT2D eigenvalue weighted by Gasteiger charge is -2.12. The van der Waals surface area contributed by atoms with Gasteiger partial charge in [-0.1, -0.05) is 25.1 Å². The van der Waals surface area contributed by atoms with Crippen molar-refractivity contribution in [3.05, 3.63) is 58.3 Å². The van der Waals surface area contributed by atoms with Crippen LogP contribution in [0.25, 0.3) is 16.9 Å². The Morgan fingerprint density at radius 2 is 2.08 bits per heavy atom. The summed E-state index contributed by atoms with van der Waals surface area (Å²) in [6.07, 6.45) is 8.09. The van der Waals surface area contributed by atoms with Crippen LogP contribution in [0.1, 0.15) is 30.9 Å². The number of hydrogen-bond acceptors (Lipinski definition) is 3. The summed E-state index contributed by atoms with van der Waals surface area (Å²) in [6, 6.07) is 10.6. The van der Waals surface area contributed by atoms with Crippen LogP contribution in [0.5, 0.6) is 0 Å². The minimum atomic E-state index is 0.976. The lowest BCUT2D eigenvalue weighted by atomic mass is 10.1. The van der Waals surface area contributed by atoms with Crippen LogP contribution >= 0.6 is 15.9 Å². The van der Waals surface area contributed by atoms with Crippen molar-refractivity contribution in [2.75, 3.05) is 11.9 Å². The normalized spacial score (nSPS) is 13.8. The van der Waals surface area contributed by atoms with E-state index in [0.717, 1.165) is 46.6 Å². The molecule has 1 aromatic carbocycles. The van der Waals surface area contributed by atoms with Gasteiger partial charge in [-0.05, 0) is 59.3 Å². The topological polar surface area (TPSA) is 42.7 Å².